The van der Waals surface area contributed by atoms with Crippen LogP contribution in [0.15, 0.2) is 58.3 Å². The molecule has 13 nitrogen and oxygen atoms in total. The summed E-state index contributed by atoms with van der Waals surface area (Å²) in [7, 11) is -4.35. The number of amides is 3. The summed E-state index contributed by atoms with van der Waals surface area (Å²) in [6.45, 7) is 5.36. The first-order valence-corrected chi connectivity index (χ1v) is 15.3. The number of sulfone groups is 1. The van der Waals surface area contributed by atoms with E-state index in [1.165, 1.54) is 62.3 Å². The van der Waals surface area contributed by atoms with Gasteiger partial charge in [-0.3, -0.25) is 19.2 Å². The monoisotopic (exact) mass is 630 g/mol. The molecule has 0 saturated heterocycles. The average molecular weight is 631 g/mol. The normalized spacial score (nSPS) is 14.0. The van der Waals surface area contributed by atoms with E-state index in [1.807, 2.05) is 0 Å². The molecule has 14 heteroatoms. The second-order valence-electron chi connectivity index (χ2n) is 10.5. The van der Waals surface area contributed by atoms with Crippen molar-refractivity contribution in [2.75, 3.05) is 6.61 Å². The number of aliphatic hydroxyl groups is 1. The zero-order valence-electron chi connectivity index (χ0n) is 24.9. The van der Waals surface area contributed by atoms with Gasteiger partial charge in [-0.2, -0.15) is 0 Å². The van der Waals surface area contributed by atoms with Crippen LogP contribution in [0.4, 0.5) is 0 Å². The van der Waals surface area contributed by atoms with Gasteiger partial charge in [-0.1, -0.05) is 38.1 Å². The molecule has 2 aromatic rings. The Morgan fingerprint density at radius 3 is 2.11 bits per heavy atom. The maximum atomic E-state index is 13.1. The molecule has 7 N–H and O–H groups in total. The molecule has 0 saturated carbocycles. The number of ketones is 1. The van der Waals surface area contributed by atoms with Crippen molar-refractivity contribution >= 4 is 39.3 Å². The summed E-state index contributed by atoms with van der Waals surface area (Å²) in [5.74, 6) is -1.89. The second kappa shape index (κ2) is 15.9. The van der Waals surface area contributed by atoms with Gasteiger partial charge in [0, 0.05) is 6.61 Å². The van der Waals surface area contributed by atoms with Crippen LogP contribution in [0.25, 0.3) is 0 Å². The quantitative estimate of drug-likeness (QED) is 0.116. The van der Waals surface area contributed by atoms with Crippen LogP contribution < -0.4 is 21.7 Å². The number of rotatable bonds is 15. The van der Waals surface area contributed by atoms with Gasteiger partial charge in [0.25, 0.3) is 0 Å². The number of phenolic OH excluding ortho intramolecular Hbond substituents is 1. The van der Waals surface area contributed by atoms with Crippen LogP contribution >= 0.6 is 0 Å². The molecule has 0 spiro atoms. The fourth-order valence-electron chi connectivity index (χ4n) is 4.24. The maximum absolute atomic E-state index is 13.1. The van der Waals surface area contributed by atoms with Gasteiger partial charge in [0.1, 0.15) is 23.8 Å². The van der Waals surface area contributed by atoms with E-state index < -0.39 is 69.2 Å². The molecule has 238 valence electrons. The van der Waals surface area contributed by atoms with E-state index in [2.05, 4.69) is 16.0 Å². The molecule has 0 bridgehead atoms. The van der Waals surface area contributed by atoms with Crippen LogP contribution in [-0.4, -0.2) is 78.9 Å². The van der Waals surface area contributed by atoms with Gasteiger partial charge >= 0.3 is 0 Å². The van der Waals surface area contributed by atoms with Crippen molar-refractivity contribution in [3.05, 3.63) is 64.6 Å². The van der Waals surface area contributed by atoms with Gasteiger partial charge in [0.05, 0.1) is 22.5 Å². The lowest BCUT2D eigenvalue weighted by molar-refractivity contribution is -0.133. The molecule has 0 fully saturated rings. The molecule has 1 unspecified atom stereocenters. The van der Waals surface area contributed by atoms with E-state index >= 15 is 0 Å². The number of aliphatic hydroxyl groups excluding tert-OH is 1. The van der Waals surface area contributed by atoms with Crippen molar-refractivity contribution in [3.8, 4) is 5.75 Å². The van der Waals surface area contributed by atoms with Crippen molar-refractivity contribution < 1.29 is 42.6 Å². The van der Waals surface area contributed by atoms with Crippen LogP contribution in [0.2, 0.25) is 0 Å². The first-order valence-electron chi connectivity index (χ1n) is 13.8. The third-order valence-corrected chi connectivity index (χ3v) is 8.57. The van der Waals surface area contributed by atoms with E-state index in [0.717, 1.165) is 0 Å². The second-order valence-corrected chi connectivity index (χ2v) is 12.5. The fourth-order valence-corrected chi connectivity index (χ4v) is 5.67. The summed E-state index contributed by atoms with van der Waals surface area (Å²) in [6, 6.07) is 6.40. The third-order valence-electron chi connectivity index (χ3n) is 6.73. The molecule has 0 heterocycles. The van der Waals surface area contributed by atoms with E-state index in [-0.39, 0.29) is 34.8 Å². The Morgan fingerprint density at radius 2 is 1.57 bits per heavy atom. The number of benzene rings is 2. The number of carbonyl (C=O) groups excluding carboxylic acids is 5. The van der Waals surface area contributed by atoms with Gasteiger partial charge in [-0.05, 0) is 62.4 Å². The largest absolute Gasteiger partial charge is 0.507 e. The number of carbonyl (C=O) groups is 4. The highest BCUT2D eigenvalue weighted by Gasteiger charge is 2.33. The summed E-state index contributed by atoms with van der Waals surface area (Å²) < 4.78 is 26.1. The van der Waals surface area contributed by atoms with E-state index in [4.69, 9.17) is 5.73 Å². The minimum Gasteiger partial charge on any atom is -0.507 e. The molecule has 2 aromatic carbocycles. The number of hydrogen-bond acceptors (Lipinski definition) is 10. The van der Waals surface area contributed by atoms with E-state index in [1.54, 1.807) is 19.9 Å². The Balaban J connectivity index is 2.11. The lowest BCUT2D eigenvalue weighted by Crippen LogP contribution is -2.57. The Labute approximate surface area is 255 Å². The molecule has 0 aliphatic heterocycles. The molecule has 0 aliphatic carbocycles. The lowest BCUT2D eigenvalue weighted by Gasteiger charge is -2.26. The summed E-state index contributed by atoms with van der Waals surface area (Å²) >= 11 is 0. The van der Waals surface area contributed by atoms with Crippen LogP contribution in [-0.2, 0) is 35.4 Å². The van der Waals surface area contributed by atoms with E-state index in [0.29, 0.717) is 5.56 Å². The molecule has 2 rings (SSSR count). The van der Waals surface area contributed by atoms with Crippen LogP contribution in [0.3, 0.4) is 0 Å². The highest BCUT2D eigenvalue weighted by molar-refractivity contribution is 7.95. The van der Waals surface area contributed by atoms with Crippen LogP contribution in [0.5, 0.6) is 5.75 Å². The number of Topliss-reactive ketones (excluding diaryl/α,β-unsaturated/α-hetero) is 1. The van der Waals surface area contributed by atoms with Gasteiger partial charge in [0.2, 0.25) is 27.6 Å². The van der Waals surface area contributed by atoms with Crippen molar-refractivity contribution in [2.45, 2.75) is 69.6 Å². The fraction of sp³-hybridized carbons (Fsp3) is 0.400. The average Bonchev–Trinajstić information content (AvgIpc) is 2.96. The number of phenols is 1. The zero-order valence-corrected chi connectivity index (χ0v) is 25.7. The standard InChI is InChI=1S/C30H38N4O9S/c1-17(2)27(34-29(40)23(31)15-20-10-11-25(38)22(14-20)19(4)37)30(41)32-18(3)28(39)33-24(12-13-35)26(16-36)44(42,43)21-8-6-5-7-9-21/h5-11,14,17-18,23-24,27,35,38H,12-13,15,31H2,1-4H3,(H,32,41)(H,33,39)(H,34,40)/t18-,23-,24?,27-/m0/s1. The topological polar surface area (TPSA) is 222 Å². The highest BCUT2D eigenvalue weighted by Crippen LogP contribution is 2.22. The number of nitrogens with one attached hydrogen (secondary N) is 3. The third kappa shape index (κ3) is 9.32. The number of aromatic hydroxyl groups is 1. The molecular formula is C30H38N4O9S. The molecule has 0 radical (unpaired) electrons. The lowest BCUT2D eigenvalue weighted by atomic mass is 9.99. The minimum atomic E-state index is -4.35. The summed E-state index contributed by atoms with van der Waals surface area (Å²) in [5.41, 5.74) is 6.65. The highest BCUT2D eigenvalue weighted by atomic mass is 32.2. The number of nitrogens with two attached hydrogens (primary N) is 1. The summed E-state index contributed by atoms with van der Waals surface area (Å²) in [5, 5.41) is 26.7. The Morgan fingerprint density at radius 1 is 0.932 bits per heavy atom. The first-order chi connectivity index (χ1) is 20.6. The Bertz CT molecular complexity index is 1520. The predicted molar refractivity (Wildman–Crippen MR) is 161 cm³/mol. The van der Waals surface area contributed by atoms with Crippen molar-refractivity contribution in [3.63, 3.8) is 0 Å². The maximum Gasteiger partial charge on any atom is 0.243 e. The number of hydrogen-bond donors (Lipinski definition) is 6. The Hall–Kier alpha value is -4.36. The van der Waals surface area contributed by atoms with Gasteiger partial charge in [-0.15, -0.1) is 0 Å². The summed E-state index contributed by atoms with van der Waals surface area (Å²) in [6.07, 6.45) is -0.317. The molecule has 0 aromatic heterocycles. The van der Waals surface area contributed by atoms with Crippen LogP contribution in [0.1, 0.15) is 50.0 Å². The molecule has 4 atom stereocenters. The molecule has 44 heavy (non-hydrogen) atoms. The molecule has 0 aliphatic rings. The van der Waals surface area contributed by atoms with Gasteiger partial charge in [0.15, 0.2) is 10.7 Å². The summed E-state index contributed by atoms with van der Waals surface area (Å²) in [4.78, 5) is 61.4. The predicted octanol–water partition coefficient (Wildman–Crippen LogP) is 0.167. The first kappa shape index (κ1) is 35.8. The zero-order chi connectivity index (χ0) is 33.2. The van der Waals surface area contributed by atoms with Crippen molar-refractivity contribution in [1.82, 2.24) is 16.0 Å². The van der Waals surface area contributed by atoms with E-state index in [9.17, 15) is 42.6 Å². The van der Waals surface area contributed by atoms with Gasteiger partial charge in [-0.25, -0.2) is 13.2 Å². The van der Waals surface area contributed by atoms with Crippen molar-refractivity contribution in [1.29, 1.82) is 0 Å². The van der Waals surface area contributed by atoms with Gasteiger partial charge < -0.3 is 31.9 Å². The SMILES string of the molecule is CC(=O)c1cc(C[C@H](N)C(=O)N[C@H](C(=O)N[C@@H](C)C(=O)NC(CCO)C(=C=O)S(=O)(=O)c2ccccc2)C(C)C)ccc1O. The van der Waals surface area contributed by atoms with Crippen molar-refractivity contribution in [2.24, 2.45) is 11.7 Å². The molecular weight excluding hydrogens is 592 g/mol. The van der Waals surface area contributed by atoms with Crippen LogP contribution in [0, 0.1) is 5.92 Å². The Kier molecular flexibility index (Phi) is 13.0. The molecule has 3 amide bonds. The smallest absolute Gasteiger partial charge is 0.243 e. The minimum absolute atomic E-state index is 0.00234.